The summed E-state index contributed by atoms with van der Waals surface area (Å²) < 4.78 is 6.93. The van der Waals surface area contributed by atoms with Gasteiger partial charge in [-0.1, -0.05) is 42.5 Å². The fraction of sp³-hybridized carbons (Fsp3) is 0.125. The van der Waals surface area contributed by atoms with Crippen LogP contribution in [-0.2, 0) is 11.3 Å². The van der Waals surface area contributed by atoms with Gasteiger partial charge in [-0.25, -0.2) is 9.78 Å². The second-order valence-corrected chi connectivity index (χ2v) is 8.22. The summed E-state index contributed by atoms with van der Waals surface area (Å²) in [6.45, 7) is 0.318. The molecule has 0 bridgehead atoms. The number of amides is 3. The maximum Gasteiger partial charge on any atom is 0.312 e. The minimum absolute atomic E-state index is 0.0304. The molecule has 3 amide bonds. The minimum Gasteiger partial charge on any atom is -0.457 e. The lowest BCUT2D eigenvalue weighted by Gasteiger charge is -2.18. The molecular weight excluding hydrogens is 424 g/mol. The van der Waals surface area contributed by atoms with Gasteiger partial charge in [0.25, 0.3) is 0 Å². The average Bonchev–Trinajstić information content (AvgIpc) is 3.21. The van der Waals surface area contributed by atoms with Crippen LogP contribution in [0.15, 0.2) is 78.9 Å². The first-order valence-electron chi connectivity index (χ1n) is 10.1. The molecule has 4 aromatic rings. The number of primary amides is 1. The normalized spacial score (nSPS) is 11.6. The van der Waals surface area contributed by atoms with E-state index in [4.69, 9.17) is 10.5 Å². The van der Waals surface area contributed by atoms with Crippen LogP contribution < -0.4 is 21.1 Å². The second kappa shape index (κ2) is 9.93. The molecule has 8 heteroatoms. The number of thiazole rings is 1. The van der Waals surface area contributed by atoms with Gasteiger partial charge in [-0.05, 0) is 42.0 Å². The molecule has 7 nitrogen and oxygen atoms in total. The number of benzene rings is 3. The molecule has 1 heterocycles. The van der Waals surface area contributed by atoms with E-state index < -0.39 is 12.1 Å². The largest absolute Gasteiger partial charge is 0.457 e. The lowest BCUT2D eigenvalue weighted by atomic mass is 10.0. The van der Waals surface area contributed by atoms with E-state index in [1.54, 1.807) is 6.07 Å². The molecule has 0 saturated carbocycles. The van der Waals surface area contributed by atoms with Gasteiger partial charge in [-0.15, -0.1) is 11.3 Å². The van der Waals surface area contributed by atoms with E-state index in [2.05, 4.69) is 15.6 Å². The topological polar surface area (TPSA) is 106 Å². The molecular formula is C24H22N4O3S. The number of hydrogen-bond donors (Lipinski definition) is 3. The average molecular weight is 447 g/mol. The van der Waals surface area contributed by atoms with Crippen molar-refractivity contribution < 1.29 is 14.3 Å². The van der Waals surface area contributed by atoms with Crippen molar-refractivity contribution in [1.82, 2.24) is 15.6 Å². The van der Waals surface area contributed by atoms with Crippen LogP contribution in [0.4, 0.5) is 4.79 Å². The Hall–Kier alpha value is -3.91. The zero-order valence-corrected chi connectivity index (χ0v) is 18.0. The number of fused-ring (bicyclic) bond motifs is 1. The summed E-state index contributed by atoms with van der Waals surface area (Å²) in [6, 6.07) is 23.1. The molecule has 0 aliphatic rings. The molecule has 1 atom stereocenters. The molecule has 0 saturated heterocycles. The lowest BCUT2D eigenvalue weighted by molar-refractivity contribution is -0.121. The summed E-state index contributed by atoms with van der Waals surface area (Å²) >= 11 is 1.54. The Morgan fingerprint density at radius 3 is 2.50 bits per heavy atom. The highest BCUT2D eigenvalue weighted by atomic mass is 32.1. The number of nitrogens with one attached hydrogen (secondary N) is 2. The van der Waals surface area contributed by atoms with Gasteiger partial charge in [0.1, 0.15) is 16.5 Å². The zero-order valence-electron chi connectivity index (χ0n) is 17.2. The van der Waals surface area contributed by atoms with Gasteiger partial charge in [0.2, 0.25) is 5.91 Å². The van der Waals surface area contributed by atoms with Gasteiger partial charge >= 0.3 is 6.03 Å². The highest BCUT2D eigenvalue weighted by Gasteiger charge is 2.18. The van der Waals surface area contributed by atoms with E-state index in [9.17, 15) is 9.59 Å². The van der Waals surface area contributed by atoms with Crippen molar-refractivity contribution >= 4 is 33.5 Å². The van der Waals surface area contributed by atoms with Crippen molar-refractivity contribution in [3.8, 4) is 11.5 Å². The van der Waals surface area contributed by atoms with Crippen molar-refractivity contribution in [2.45, 2.75) is 19.0 Å². The van der Waals surface area contributed by atoms with Gasteiger partial charge < -0.3 is 21.1 Å². The number of rotatable bonds is 8. The highest BCUT2D eigenvalue weighted by molar-refractivity contribution is 7.18. The molecule has 32 heavy (non-hydrogen) atoms. The second-order valence-electron chi connectivity index (χ2n) is 7.10. The molecule has 1 aromatic heterocycles. The van der Waals surface area contributed by atoms with Crippen LogP contribution in [0.1, 0.15) is 23.0 Å². The van der Waals surface area contributed by atoms with E-state index in [1.165, 1.54) is 11.3 Å². The Labute approximate surface area is 189 Å². The Morgan fingerprint density at radius 2 is 1.72 bits per heavy atom. The molecule has 162 valence electrons. The van der Waals surface area contributed by atoms with Gasteiger partial charge in [-0.3, -0.25) is 4.79 Å². The Balaban J connectivity index is 1.43. The molecule has 0 spiro atoms. The number of ether oxygens (including phenoxy) is 1. The maximum absolute atomic E-state index is 12.6. The standard InChI is InChI=1S/C24H22N4O3S/c25-24(30)28-20(16-7-6-10-18(13-16)31-17-8-2-1-3-9-17)14-22(29)26-15-23-27-19-11-4-5-12-21(19)32-23/h1-13,20H,14-15H2,(H,26,29)(H3,25,28,30). The number of nitrogens with two attached hydrogens (primary N) is 1. The lowest BCUT2D eigenvalue weighted by Crippen LogP contribution is -2.36. The molecule has 0 radical (unpaired) electrons. The van der Waals surface area contributed by atoms with Crippen molar-refractivity contribution in [2.75, 3.05) is 0 Å². The van der Waals surface area contributed by atoms with Crippen LogP contribution in [0.2, 0.25) is 0 Å². The SMILES string of the molecule is NC(=O)NC(CC(=O)NCc1nc2ccccc2s1)c1cccc(Oc2ccccc2)c1. The summed E-state index contributed by atoms with van der Waals surface area (Å²) in [4.78, 5) is 28.7. The number of carbonyl (C=O) groups excluding carboxylic acids is 2. The van der Waals surface area contributed by atoms with Crippen LogP contribution in [0, 0.1) is 0 Å². The molecule has 1 unspecified atom stereocenters. The van der Waals surface area contributed by atoms with Crippen molar-refractivity contribution in [2.24, 2.45) is 5.73 Å². The zero-order chi connectivity index (χ0) is 22.3. The van der Waals surface area contributed by atoms with E-state index in [-0.39, 0.29) is 12.3 Å². The van der Waals surface area contributed by atoms with Gasteiger partial charge in [-0.2, -0.15) is 0 Å². The number of hydrogen-bond acceptors (Lipinski definition) is 5. The van der Waals surface area contributed by atoms with E-state index in [1.807, 2.05) is 72.8 Å². The predicted octanol–water partition coefficient (Wildman–Crippen LogP) is 4.50. The Kier molecular flexibility index (Phi) is 6.62. The number of carbonyl (C=O) groups is 2. The number of para-hydroxylation sites is 2. The maximum atomic E-state index is 12.6. The third-order valence-electron chi connectivity index (χ3n) is 4.72. The van der Waals surface area contributed by atoms with E-state index in [0.717, 1.165) is 15.2 Å². The number of nitrogens with zero attached hydrogens (tertiary/aromatic N) is 1. The van der Waals surface area contributed by atoms with Crippen LogP contribution in [0.25, 0.3) is 10.2 Å². The van der Waals surface area contributed by atoms with Crippen molar-refractivity contribution in [3.05, 3.63) is 89.4 Å². The van der Waals surface area contributed by atoms with E-state index >= 15 is 0 Å². The Morgan fingerprint density at radius 1 is 0.969 bits per heavy atom. The predicted molar refractivity (Wildman–Crippen MR) is 125 cm³/mol. The van der Waals surface area contributed by atoms with Crippen molar-refractivity contribution in [1.29, 1.82) is 0 Å². The van der Waals surface area contributed by atoms with Crippen LogP contribution in [0.3, 0.4) is 0 Å². The summed E-state index contributed by atoms with van der Waals surface area (Å²) in [5.41, 5.74) is 6.98. The summed E-state index contributed by atoms with van der Waals surface area (Å²) in [5, 5.41) is 6.34. The third kappa shape index (κ3) is 5.61. The third-order valence-corrected chi connectivity index (χ3v) is 5.76. The van der Waals surface area contributed by atoms with Gasteiger partial charge in [0.05, 0.1) is 29.2 Å². The summed E-state index contributed by atoms with van der Waals surface area (Å²) in [6.07, 6.45) is 0.0304. The quantitative estimate of drug-likeness (QED) is 0.370. The Bertz CT molecular complexity index is 1190. The first kappa shape index (κ1) is 21.3. The van der Waals surface area contributed by atoms with Crippen LogP contribution in [-0.4, -0.2) is 16.9 Å². The van der Waals surface area contributed by atoms with Crippen molar-refractivity contribution in [3.63, 3.8) is 0 Å². The van der Waals surface area contributed by atoms with E-state index in [0.29, 0.717) is 23.6 Å². The molecule has 3 aromatic carbocycles. The number of urea groups is 1. The molecule has 4 rings (SSSR count). The van der Waals surface area contributed by atoms with Gasteiger partial charge in [0.15, 0.2) is 0 Å². The fourth-order valence-electron chi connectivity index (χ4n) is 3.27. The molecule has 0 aliphatic heterocycles. The minimum atomic E-state index is -0.705. The first-order valence-corrected chi connectivity index (χ1v) is 10.9. The fourth-order valence-corrected chi connectivity index (χ4v) is 4.18. The monoisotopic (exact) mass is 446 g/mol. The van der Waals surface area contributed by atoms with Gasteiger partial charge in [0, 0.05) is 0 Å². The molecule has 4 N–H and O–H groups in total. The van der Waals surface area contributed by atoms with Crippen LogP contribution >= 0.6 is 11.3 Å². The smallest absolute Gasteiger partial charge is 0.312 e. The summed E-state index contributed by atoms with van der Waals surface area (Å²) in [5.74, 6) is 1.06. The molecule has 0 aliphatic carbocycles. The number of aromatic nitrogens is 1. The molecule has 0 fully saturated rings. The first-order chi connectivity index (χ1) is 15.6. The van der Waals surface area contributed by atoms with Crippen LogP contribution in [0.5, 0.6) is 11.5 Å². The highest BCUT2D eigenvalue weighted by Crippen LogP contribution is 2.26. The summed E-state index contributed by atoms with van der Waals surface area (Å²) in [7, 11) is 0.